The molecule has 1 saturated carbocycles. The van der Waals surface area contributed by atoms with Crippen LogP contribution in [0.5, 0.6) is 17.2 Å². The number of rotatable bonds is 15. The van der Waals surface area contributed by atoms with Gasteiger partial charge in [0.05, 0.1) is 26.9 Å². The lowest BCUT2D eigenvalue weighted by Crippen LogP contribution is -2.42. The molecule has 1 aromatic carbocycles. The topological polar surface area (TPSA) is 87.7 Å². The number of benzene rings is 1. The van der Waals surface area contributed by atoms with Crippen LogP contribution in [0.2, 0.25) is 0 Å². The number of carbonyl (C=O) groups excluding carboxylic acids is 1. The quantitative estimate of drug-likeness (QED) is 0.320. The van der Waals surface area contributed by atoms with E-state index in [4.69, 9.17) is 28.4 Å². The maximum atomic E-state index is 13.1. The number of amides is 1. The Labute approximate surface area is 233 Å². The van der Waals surface area contributed by atoms with Crippen molar-refractivity contribution in [1.29, 1.82) is 0 Å². The van der Waals surface area contributed by atoms with Crippen molar-refractivity contribution >= 4 is 6.09 Å². The Kier molecular flexibility index (Phi) is 11.4. The molecule has 9 heteroatoms. The zero-order chi connectivity index (χ0) is 27.6. The smallest absolute Gasteiger partial charge is 0.410 e. The molecular formula is C30H48N2O7. The fourth-order valence-corrected chi connectivity index (χ4v) is 5.45. The molecule has 4 rings (SSSR count). The summed E-state index contributed by atoms with van der Waals surface area (Å²) in [6, 6.07) is 6.08. The number of nitrogens with one attached hydrogen (secondary N) is 1. The van der Waals surface area contributed by atoms with Crippen LogP contribution in [0.15, 0.2) is 18.2 Å². The lowest BCUT2D eigenvalue weighted by Gasteiger charge is -2.32. The monoisotopic (exact) mass is 548 g/mol. The molecular weight excluding hydrogens is 500 g/mol. The van der Waals surface area contributed by atoms with E-state index in [-0.39, 0.29) is 18.3 Å². The summed E-state index contributed by atoms with van der Waals surface area (Å²) in [6.45, 7) is 9.51. The van der Waals surface area contributed by atoms with Crippen molar-refractivity contribution in [3.8, 4) is 17.2 Å². The number of hydrogen-bond acceptors (Lipinski definition) is 8. The highest BCUT2D eigenvalue weighted by Gasteiger charge is 2.39. The zero-order valence-electron chi connectivity index (χ0n) is 24.2. The lowest BCUT2D eigenvalue weighted by molar-refractivity contribution is -0.0129. The van der Waals surface area contributed by atoms with Gasteiger partial charge in [-0.3, -0.25) is 0 Å². The lowest BCUT2D eigenvalue weighted by atomic mass is 9.87. The molecule has 3 atom stereocenters. The predicted molar refractivity (Wildman–Crippen MR) is 149 cm³/mol. The van der Waals surface area contributed by atoms with Gasteiger partial charge in [0.1, 0.15) is 18.0 Å². The fourth-order valence-electron chi connectivity index (χ4n) is 5.45. The molecule has 0 bridgehead atoms. The van der Waals surface area contributed by atoms with Crippen molar-refractivity contribution in [1.82, 2.24) is 10.2 Å². The summed E-state index contributed by atoms with van der Waals surface area (Å²) in [5, 5.41) is 3.58. The van der Waals surface area contributed by atoms with Crippen molar-refractivity contribution < 1.29 is 33.2 Å². The first-order valence-corrected chi connectivity index (χ1v) is 14.7. The van der Waals surface area contributed by atoms with Gasteiger partial charge in [0, 0.05) is 51.6 Å². The van der Waals surface area contributed by atoms with E-state index in [1.54, 1.807) is 14.2 Å². The molecule has 3 aliphatic rings. The van der Waals surface area contributed by atoms with Gasteiger partial charge in [-0.25, -0.2) is 4.79 Å². The maximum absolute atomic E-state index is 13.1. The average molecular weight is 549 g/mol. The molecule has 1 aromatic rings. The van der Waals surface area contributed by atoms with Crippen LogP contribution in [0.3, 0.4) is 0 Å². The summed E-state index contributed by atoms with van der Waals surface area (Å²) in [5.74, 6) is 3.26. The molecule has 1 amide bonds. The van der Waals surface area contributed by atoms with E-state index in [2.05, 4.69) is 19.2 Å². The van der Waals surface area contributed by atoms with Crippen LogP contribution in [-0.2, 0) is 14.2 Å². The highest BCUT2D eigenvalue weighted by Crippen LogP contribution is 2.35. The highest BCUT2D eigenvalue weighted by atomic mass is 16.6. The van der Waals surface area contributed by atoms with Crippen LogP contribution in [0.1, 0.15) is 52.4 Å². The van der Waals surface area contributed by atoms with Crippen molar-refractivity contribution in [2.45, 2.75) is 70.6 Å². The third-order valence-electron chi connectivity index (χ3n) is 8.02. The number of nitrogens with zero attached hydrogens (tertiary/aromatic N) is 1. The van der Waals surface area contributed by atoms with Gasteiger partial charge in [-0.15, -0.1) is 0 Å². The fraction of sp³-hybridized carbons (Fsp3) is 0.767. The van der Waals surface area contributed by atoms with E-state index in [1.807, 2.05) is 23.1 Å². The van der Waals surface area contributed by atoms with Crippen LogP contribution in [0, 0.1) is 17.8 Å². The van der Waals surface area contributed by atoms with Crippen molar-refractivity contribution in [2.75, 3.05) is 60.3 Å². The zero-order valence-corrected chi connectivity index (χ0v) is 24.2. The summed E-state index contributed by atoms with van der Waals surface area (Å²) < 4.78 is 34.5. The van der Waals surface area contributed by atoms with Gasteiger partial charge in [-0.1, -0.05) is 13.8 Å². The molecule has 39 heavy (non-hydrogen) atoms. The van der Waals surface area contributed by atoms with E-state index >= 15 is 0 Å². The van der Waals surface area contributed by atoms with Crippen LogP contribution < -0.4 is 19.5 Å². The molecule has 2 aliphatic heterocycles. The van der Waals surface area contributed by atoms with Gasteiger partial charge >= 0.3 is 6.09 Å². The molecule has 0 radical (unpaired) electrons. The van der Waals surface area contributed by atoms with Gasteiger partial charge in [0.25, 0.3) is 0 Å². The standard InChI is InChI=1S/C30H48N2O7/c1-21(2)28(38-26-8-9-27(35-4)29(17-26)37-13-5-12-34-3)16-22-18-31-19-23(22)20-32(24-6-7-24)30(33)39-25-10-14-36-15-11-25/h8-9,17,21-25,28,31H,5-7,10-16,18-20H2,1-4H3/t22-,23+,28+/m1/s1. The number of methoxy groups -OCH3 is 2. The van der Waals surface area contributed by atoms with Crippen LogP contribution in [0.4, 0.5) is 4.79 Å². The van der Waals surface area contributed by atoms with Gasteiger partial charge in [-0.2, -0.15) is 0 Å². The van der Waals surface area contributed by atoms with Crippen LogP contribution in [0.25, 0.3) is 0 Å². The summed E-state index contributed by atoms with van der Waals surface area (Å²) in [6.07, 6.45) is 5.29. The Bertz CT molecular complexity index is 888. The van der Waals surface area contributed by atoms with E-state index in [0.717, 1.165) is 63.9 Å². The van der Waals surface area contributed by atoms with E-state index in [0.29, 0.717) is 61.7 Å². The molecule has 2 heterocycles. The van der Waals surface area contributed by atoms with Crippen LogP contribution in [-0.4, -0.2) is 89.5 Å². The molecule has 3 fully saturated rings. The first-order chi connectivity index (χ1) is 19.0. The van der Waals surface area contributed by atoms with Gasteiger partial charge < -0.3 is 38.6 Å². The summed E-state index contributed by atoms with van der Waals surface area (Å²) >= 11 is 0. The van der Waals surface area contributed by atoms with E-state index < -0.39 is 0 Å². The average Bonchev–Trinajstić information content (AvgIpc) is 3.69. The summed E-state index contributed by atoms with van der Waals surface area (Å²) in [4.78, 5) is 15.1. The first-order valence-electron chi connectivity index (χ1n) is 14.7. The minimum Gasteiger partial charge on any atom is -0.493 e. The molecule has 0 aromatic heterocycles. The molecule has 1 aliphatic carbocycles. The Morgan fingerprint density at radius 1 is 1.05 bits per heavy atom. The van der Waals surface area contributed by atoms with Crippen molar-refractivity contribution in [3.63, 3.8) is 0 Å². The van der Waals surface area contributed by atoms with Gasteiger partial charge in [0.2, 0.25) is 0 Å². The van der Waals surface area contributed by atoms with E-state index in [9.17, 15) is 4.79 Å². The SMILES string of the molecule is COCCCOc1cc(O[C@@H](C[C@@H]2CNC[C@H]2CN(C(=O)OC2CCOCC2)C2CC2)C(C)C)ccc1OC. The third-order valence-corrected chi connectivity index (χ3v) is 8.02. The normalized spacial score (nSPS) is 22.5. The highest BCUT2D eigenvalue weighted by molar-refractivity contribution is 5.68. The second kappa shape index (κ2) is 15.0. The Morgan fingerprint density at radius 2 is 1.82 bits per heavy atom. The van der Waals surface area contributed by atoms with E-state index in [1.165, 1.54) is 0 Å². The number of hydrogen-bond donors (Lipinski definition) is 1. The minimum absolute atomic E-state index is 0.0259. The van der Waals surface area contributed by atoms with Crippen molar-refractivity contribution in [2.24, 2.45) is 17.8 Å². The second-order valence-corrected chi connectivity index (χ2v) is 11.4. The molecule has 220 valence electrons. The van der Waals surface area contributed by atoms with Crippen LogP contribution >= 0.6 is 0 Å². The maximum Gasteiger partial charge on any atom is 0.410 e. The number of carbonyl (C=O) groups is 1. The predicted octanol–water partition coefficient (Wildman–Crippen LogP) is 4.52. The third kappa shape index (κ3) is 8.88. The molecule has 2 saturated heterocycles. The Hall–Kier alpha value is -2.23. The number of ether oxygens (including phenoxy) is 6. The molecule has 0 unspecified atom stereocenters. The Morgan fingerprint density at radius 3 is 2.51 bits per heavy atom. The van der Waals surface area contributed by atoms with Gasteiger partial charge in [-0.05, 0) is 62.2 Å². The van der Waals surface area contributed by atoms with Crippen molar-refractivity contribution in [3.05, 3.63) is 18.2 Å². The molecule has 1 N–H and O–H groups in total. The Balaban J connectivity index is 1.36. The summed E-state index contributed by atoms with van der Waals surface area (Å²) in [5.41, 5.74) is 0. The largest absolute Gasteiger partial charge is 0.493 e. The minimum atomic E-state index is -0.150. The van der Waals surface area contributed by atoms with Gasteiger partial charge in [0.15, 0.2) is 11.5 Å². The second-order valence-electron chi connectivity index (χ2n) is 11.4. The molecule has 0 spiro atoms. The molecule has 9 nitrogen and oxygen atoms in total. The first kappa shape index (κ1) is 29.7. The summed E-state index contributed by atoms with van der Waals surface area (Å²) in [7, 11) is 3.33.